The summed E-state index contributed by atoms with van der Waals surface area (Å²) in [6.45, 7) is 0.446. The van der Waals surface area contributed by atoms with Gasteiger partial charge in [-0.3, -0.25) is 4.79 Å². The van der Waals surface area contributed by atoms with Crippen LogP contribution in [0, 0.1) is 5.82 Å². The number of primary amides is 1. The number of amides is 1. The minimum Gasteiger partial charge on any atom is -0.379 e. The van der Waals surface area contributed by atoms with Gasteiger partial charge in [0.2, 0.25) is 0 Å². The van der Waals surface area contributed by atoms with Crippen LogP contribution in [0.1, 0.15) is 15.4 Å². The molecule has 7 heteroatoms. The van der Waals surface area contributed by atoms with Gasteiger partial charge in [-0.15, -0.1) is 11.3 Å². The number of hydrogen-bond donors (Lipinski definition) is 2. The highest BCUT2D eigenvalue weighted by Gasteiger charge is 2.09. The van der Waals surface area contributed by atoms with Crippen molar-refractivity contribution >= 4 is 34.5 Å². The Hall–Kier alpha value is -1.66. The molecule has 18 heavy (non-hydrogen) atoms. The van der Waals surface area contributed by atoms with E-state index in [1.807, 2.05) is 0 Å². The third-order valence-electron chi connectivity index (χ3n) is 2.20. The summed E-state index contributed by atoms with van der Waals surface area (Å²) in [5, 5.41) is 3.81. The highest BCUT2D eigenvalue weighted by Crippen LogP contribution is 2.20. The Labute approximate surface area is 112 Å². The molecule has 0 atom stereocenters. The highest BCUT2D eigenvalue weighted by atomic mass is 35.5. The molecular weight excluding hydrogens is 277 g/mol. The third kappa shape index (κ3) is 2.96. The standard InChI is InChI=1S/C11H9ClFN3OS/c12-9-4-16-10(18-9)5-15-6-1-2-8(13)7(3-6)11(14)17/h1-4,15H,5H2,(H2,14,17). The Morgan fingerprint density at radius 1 is 1.56 bits per heavy atom. The Bertz CT molecular complexity index is 587. The van der Waals surface area contributed by atoms with Gasteiger partial charge >= 0.3 is 0 Å². The molecule has 94 valence electrons. The molecule has 0 saturated heterocycles. The minimum atomic E-state index is -0.798. The summed E-state index contributed by atoms with van der Waals surface area (Å²) in [6.07, 6.45) is 1.56. The van der Waals surface area contributed by atoms with Gasteiger partial charge in [-0.2, -0.15) is 0 Å². The van der Waals surface area contributed by atoms with Crippen molar-refractivity contribution in [1.82, 2.24) is 4.98 Å². The third-order valence-corrected chi connectivity index (χ3v) is 3.32. The molecule has 0 spiro atoms. The maximum Gasteiger partial charge on any atom is 0.251 e. The fourth-order valence-electron chi connectivity index (χ4n) is 1.37. The number of halogens is 2. The van der Waals surface area contributed by atoms with Gasteiger partial charge in [-0.25, -0.2) is 9.37 Å². The van der Waals surface area contributed by atoms with Gasteiger partial charge in [0.25, 0.3) is 5.91 Å². The van der Waals surface area contributed by atoms with Crippen LogP contribution in [0.15, 0.2) is 24.4 Å². The number of benzene rings is 1. The Morgan fingerprint density at radius 3 is 2.94 bits per heavy atom. The van der Waals surface area contributed by atoms with Crippen molar-refractivity contribution in [2.45, 2.75) is 6.54 Å². The number of hydrogen-bond acceptors (Lipinski definition) is 4. The Morgan fingerprint density at radius 2 is 2.33 bits per heavy atom. The first-order chi connectivity index (χ1) is 8.56. The van der Waals surface area contributed by atoms with Gasteiger partial charge in [0, 0.05) is 5.69 Å². The van der Waals surface area contributed by atoms with Crippen LogP contribution in [0.4, 0.5) is 10.1 Å². The number of carbonyl (C=O) groups excluding carboxylic acids is 1. The van der Waals surface area contributed by atoms with Crippen molar-refractivity contribution in [2.24, 2.45) is 5.73 Å². The number of nitrogens with one attached hydrogen (secondary N) is 1. The number of thiazole rings is 1. The number of anilines is 1. The lowest BCUT2D eigenvalue weighted by Gasteiger charge is -2.06. The lowest BCUT2D eigenvalue weighted by atomic mass is 10.2. The van der Waals surface area contributed by atoms with Crippen LogP contribution in [0.3, 0.4) is 0 Å². The van der Waals surface area contributed by atoms with E-state index in [1.54, 1.807) is 6.20 Å². The zero-order valence-corrected chi connectivity index (χ0v) is 10.7. The molecule has 0 aliphatic carbocycles. The van der Waals surface area contributed by atoms with Crippen LogP contribution in [0.2, 0.25) is 4.34 Å². The Kier molecular flexibility index (Phi) is 3.78. The molecule has 0 unspecified atom stereocenters. The van der Waals surface area contributed by atoms with Crippen LogP contribution < -0.4 is 11.1 Å². The van der Waals surface area contributed by atoms with Crippen molar-refractivity contribution in [3.8, 4) is 0 Å². The first-order valence-corrected chi connectivity index (χ1v) is 6.19. The maximum absolute atomic E-state index is 13.2. The van der Waals surface area contributed by atoms with Crippen LogP contribution in [0.5, 0.6) is 0 Å². The molecular formula is C11H9ClFN3OS. The summed E-state index contributed by atoms with van der Waals surface area (Å²) < 4.78 is 13.8. The molecule has 0 aliphatic heterocycles. The SMILES string of the molecule is NC(=O)c1cc(NCc2ncc(Cl)s2)ccc1F. The lowest BCUT2D eigenvalue weighted by Crippen LogP contribution is -2.13. The second-order valence-electron chi connectivity index (χ2n) is 3.47. The predicted octanol–water partition coefficient (Wildman–Crippen LogP) is 2.65. The summed E-state index contributed by atoms with van der Waals surface area (Å²) in [5.41, 5.74) is 5.51. The van der Waals surface area contributed by atoms with E-state index in [1.165, 1.54) is 29.5 Å². The average molecular weight is 286 g/mol. The van der Waals surface area contributed by atoms with Gasteiger partial charge in [0.05, 0.1) is 18.3 Å². The van der Waals surface area contributed by atoms with Crippen molar-refractivity contribution in [2.75, 3.05) is 5.32 Å². The topological polar surface area (TPSA) is 68.0 Å². The quantitative estimate of drug-likeness (QED) is 0.907. The van der Waals surface area contributed by atoms with E-state index in [0.29, 0.717) is 16.6 Å². The molecule has 1 amide bonds. The molecule has 1 heterocycles. The second-order valence-corrected chi connectivity index (χ2v) is 5.22. The lowest BCUT2D eigenvalue weighted by molar-refractivity contribution is 0.0996. The minimum absolute atomic E-state index is 0.142. The molecule has 0 aliphatic rings. The first kappa shape index (κ1) is 12.8. The van der Waals surface area contributed by atoms with Crippen LogP contribution >= 0.6 is 22.9 Å². The van der Waals surface area contributed by atoms with Crippen LogP contribution in [-0.4, -0.2) is 10.9 Å². The summed E-state index contributed by atoms with van der Waals surface area (Å²) in [7, 11) is 0. The number of rotatable bonds is 4. The molecule has 0 radical (unpaired) electrons. The fraction of sp³-hybridized carbons (Fsp3) is 0.0909. The Balaban J connectivity index is 2.10. The van der Waals surface area contributed by atoms with Crippen molar-refractivity contribution in [3.05, 3.63) is 45.1 Å². The summed E-state index contributed by atoms with van der Waals surface area (Å²) >= 11 is 7.09. The zero-order valence-electron chi connectivity index (χ0n) is 9.11. The van der Waals surface area contributed by atoms with Crippen LogP contribution in [-0.2, 0) is 6.54 Å². The number of nitrogens with two attached hydrogens (primary N) is 1. The van der Waals surface area contributed by atoms with Crippen molar-refractivity contribution in [3.63, 3.8) is 0 Å². The van der Waals surface area contributed by atoms with E-state index < -0.39 is 11.7 Å². The first-order valence-electron chi connectivity index (χ1n) is 4.99. The molecule has 0 fully saturated rings. The smallest absolute Gasteiger partial charge is 0.251 e. The van der Waals surface area contributed by atoms with Crippen LogP contribution in [0.25, 0.3) is 0 Å². The monoisotopic (exact) mass is 285 g/mol. The van der Waals surface area contributed by atoms with Gasteiger partial charge < -0.3 is 11.1 Å². The van der Waals surface area contributed by atoms with E-state index in [0.717, 1.165) is 5.01 Å². The van der Waals surface area contributed by atoms with E-state index in [4.69, 9.17) is 17.3 Å². The molecule has 2 aromatic rings. The largest absolute Gasteiger partial charge is 0.379 e. The van der Waals surface area contributed by atoms with E-state index in [-0.39, 0.29) is 5.56 Å². The molecule has 0 saturated carbocycles. The molecule has 0 bridgehead atoms. The number of carbonyl (C=O) groups is 1. The number of nitrogens with zero attached hydrogens (tertiary/aromatic N) is 1. The second kappa shape index (κ2) is 5.32. The molecule has 4 nitrogen and oxygen atoms in total. The highest BCUT2D eigenvalue weighted by molar-refractivity contribution is 7.15. The molecule has 1 aromatic heterocycles. The summed E-state index contributed by atoms with van der Waals surface area (Å²) in [4.78, 5) is 15.0. The van der Waals surface area contributed by atoms with Gasteiger partial charge in [0.15, 0.2) is 0 Å². The van der Waals surface area contributed by atoms with E-state index in [9.17, 15) is 9.18 Å². The van der Waals surface area contributed by atoms with E-state index in [2.05, 4.69) is 10.3 Å². The molecule has 1 aromatic carbocycles. The average Bonchev–Trinajstić information content (AvgIpc) is 2.74. The normalized spacial score (nSPS) is 10.3. The summed E-state index contributed by atoms with van der Waals surface area (Å²) in [5.74, 6) is -1.43. The molecule has 2 rings (SSSR count). The van der Waals surface area contributed by atoms with Crippen molar-refractivity contribution < 1.29 is 9.18 Å². The maximum atomic E-state index is 13.2. The number of aromatic nitrogens is 1. The fourth-order valence-corrected chi connectivity index (χ4v) is 2.27. The van der Waals surface area contributed by atoms with Gasteiger partial charge in [0.1, 0.15) is 15.2 Å². The van der Waals surface area contributed by atoms with Gasteiger partial charge in [-0.1, -0.05) is 11.6 Å². The predicted molar refractivity (Wildman–Crippen MR) is 69.4 cm³/mol. The van der Waals surface area contributed by atoms with Crippen molar-refractivity contribution in [1.29, 1.82) is 0 Å². The van der Waals surface area contributed by atoms with Gasteiger partial charge in [-0.05, 0) is 18.2 Å². The zero-order chi connectivity index (χ0) is 13.1. The molecule has 3 N–H and O–H groups in total. The summed E-state index contributed by atoms with van der Waals surface area (Å²) in [6, 6.07) is 4.08. The van der Waals surface area contributed by atoms with E-state index >= 15 is 0 Å².